The van der Waals surface area contributed by atoms with Crippen LogP contribution in [0.5, 0.6) is 0 Å². The second-order valence-corrected chi connectivity index (χ2v) is 11.1. The molecule has 0 fully saturated rings. The molecule has 0 radical (unpaired) electrons. The van der Waals surface area contributed by atoms with Gasteiger partial charge < -0.3 is 0 Å². The van der Waals surface area contributed by atoms with Crippen molar-refractivity contribution < 1.29 is 0 Å². The van der Waals surface area contributed by atoms with Gasteiger partial charge in [0, 0.05) is 40.7 Å². The second-order valence-electron chi connectivity index (χ2n) is 8.96. The zero-order valence-corrected chi connectivity index (χ0v) is 19.8. The van der Waals surface area contributed by atoms with Crippen LogP contribution >= 0.6 is 22.7 Å². The molecular formula is C32H18S2. The van der Waals surface area contributed by atoms with Gasteiger partial charge in [-0.15, -0.1) is 22.7 Å². The van der Waals surface area contributed by atoms with Gasteiger partial charge in [0.15, 0.2) is 0 Å². The van der Waals surface area contributed by atoms with Crippen LogP contribution in [0, 0.1) is 0 Å². The first-order valence-electron chi connectivity index (χ1n) is 11.5. The maximum absolute atomic E-state index is 2.34. The molecule has 2 heterocycles. The lowest BCUT2D eigenvalue weighted by atomic mass is 9.98. The predicted octanol–water partition coefficient (Wildman–Crippen LogP) is 10.3. The van der Waals surface area contributed by atoms with Gasteiger partial charge in [-0.2, -0.15) is 0 Å². The van der Waals surface area contributed by atoms with E-state index >= 15 is 0 Å². The van der Waals surface area contributed by atoms with Crippen LogP contribution < -0.4 is 0 Å². The van der Waals surface area contributed by atoms with Gasteiger partial charge in [-0.3, -0.25) is 0 Å². The Morgan fingerprint density at radius 1 is 0.382 bits per heavy atom. The molecule has 0 nitrogen and oxygen atoms in total. The van der Waals surface area contributed by atoms with E-state index < -0.39 is 0 Å². The molecule has 0 N–H and O–H groups in total. The highest BCUT2D eigenvalue weighted by Gasteiger charge is 2.19. The minimum Gasteiger partial charge on any atom is -0.135 e. The van der Waals surface area contributed by atoms with Gasteiger partial charge in [0.05, 0.1) is 0 Å². The van der Waals surface area contributed by atoms with Crippen LogP contribution in [-0.2, 0) is 0 Å². The van der Waals surface area contributed by atoms with Gasteiger partial charge in [-0.05, 0) is 56.9 Å². The van der Waals surface area contributed by atoms with Crippen molar-refractivity contribution in [1.29, 1.82) is 0 Å². The summed E-state index contributed by atoms with van der Waals surface area (Å²) in [6.07, 6.45) is 0. The fourth-order valence-corrected chi connectivity index (χ4v) is 7.79. The monoisotopic (exact) mass is 466 g/mol. The van der Waals surface area contributed by atoms with Gasteiger partial charge >= 0.3 is 0 Å². The Kier molecular flexibility index (Phi) is 3.79. The molecule has 6 aromatic carbocycles. The first-order chi connectivity index (χ1) is 16.8. The summed E-state index contributed by atoms with van der Waals surface area (Å²) in [5.74, 6) is 0. The van der Waals surface area contributed by atoms with Crippen molar-refractivity contribution in [3.05, 3.63) is 109 Å². The van der Waals surface area contributed by atoms with Crippen molar-refractivity contribution in [2.24, 2.45) is 0 Å². The summed E-state index contributed by atoms with van der Waals surface area (Å²) >= 11 is 3.84. The molecule has 0 saturated heterocycles. The molecular weight excluding hydrogens is 448 g/mol. The summed E-state index contributed by atoms with van der Waals surface area (Å²) in [6.45, 7) is 0. The lowest BCUT2D eigenvalue weighted by Gasteiger charge is -2.04. The summed E-state index contributed by atoms with van der Waals surface area (Å²) in [4.78, 5) is 2.74. The number of thiophene rings is 2. The van der Waals surface area contributed by atoms with Crippen molar-refractivity contribution >= 4 is 75.2 Å². The third-order valence-corrected chi connectivity index (χ3v) is 9.46. The lowest BCUT2D eigenvalue weighted by Crippen LogP contribution is -1.78. The Hall–Kier alpha value is -3.72. The van der Waals surface area contributed by atoms with E-state index in [4.69, 9.17) is 0 Å². The van der Waals surface area contributed by atoms with Crippen LogP contribution in [-0.4, -0.2) is 0 Å². The quantitative estimate of drug-likeness (QED) is 0.238. The lowest BCUT2D eigenvalue weighted by molar-refractivity contribution is 1.74. The van der Waals surface area contributed by atoms with Gasteiger partial charge in [0.1, 0.15) is 0 Å². The van der Waals surface area contributed by atoms with Crippen LogP contribution in [0.1, 0.15) is 0 Å². The van der Waals surface area contributed by atoms with Crippen molar-refractivity contribution in [2.75, 3.05) is 0 Å². The molecule has 0 spiro atoms. The maximum Gasteiger partial charge on any atom is 0.0428 e. The minimum atomic E-state index is 1.29. The normalized spacial score (nSPS) is 12.1. The highest BCUT2D eigenvalue weighted by atomic mass is 32.1. The molecule has 8 aromatic rings. The largest absolute Gasteiger partial charge is 0.135 e. The van der Waals surface area contributed by atoms with E-state index in [-0.39, 0.29) is 0 Å². The van der Waals surface area contributed by atoms with Crippen LogP contribution in [0.15, 0.2) is 109 Å². The number of fused-ring (bicyclic) bond motifs is 2. The molecule has 0 saturated carbocycles. The SMILES string of the molecule is c1ccc2cc(-c3sc4ccc5c(-c6ccc7ccccc7c6)sc6ccc3c4c65)ccc2c1. The molecule has 158 valence electrons. The highest BCUT2D eigenvalue weighted by Crippen LogP contribution is 2.50. The Balaban J connectivity index is 1.39. The van der Waals surface area contributed by atoms with E-state index in [0.717, 1.165) is 0 Å². The molecule has 2 heteroatoms. The standard InChI is InChI=1S/C32H18S2/c1-3-7-21-17-23(11-9-19(21)5-1)31-25-13-15-28-30-26(14-16-27(33-31)29(25)30)32(34-28)24-12-10-20-6-2-4-8-22(20)18-24/h1-18H. The molecule has 2 aromatic heterocycles. The topological polar surface area (TPSA) is 0 Å². The van der Waals surface area contributed by atoms with Gasteiger partial charge in [0.2, 0.25) is 0 Å². The summed E-state index contributed by atoms with van der Waals surface area (Å²) in [6, 6.07) is 40.3. The summed E-state index contributed by atoms with van der Waals surface area (Å²) in [5.41, 5.74) is 2.61. The number of hydrogen-bond acceptors (Lipinski definition) is 2. The van der Waals surface area contributed by atoms with E-state index in [1.54, 1.807) is 0 Å². The van der Waals surface area contributed by atoms with Crippen LogP contribution in [0.25, 0.3) is 73.4 Å². The zero-order valence-electron chi connectivity index (χ0n) is 18.2. The highest BCUT2D eigenvalue weighted by molar-refractivity contribution is 7.25. The second kappa shape index (κ2) is 6.89. The van der Waals surface area contributed by atoms with Crippen LogP contribution in [0.3, 0.4) is 0 Å². The minimum absolute atomic E-state index is 1.29. The Bertz CT molecular complexity index is 1870. The molecule has 34 heavy (non-hydrogen) atoms. The van der Waals surface area contributed by atoms with E-state index in [1.807, 2.05) is 22.7 Å². The van der Waals surface area contributed by atoms with E-state index in [9.17, 15) is 0 Å². The Labute approximate surface area is 204 Å². The average Bonchev–Trinajstić information content (AvgIpc) is 3.46. The van der Waals surface area contributed by atoms with Gasteiger partial charge in [-0.25, -0.2) is 0 Å². The van der Waals surface area contributed by atoms with Crippen molar-refractivity contribution in [1.82, 2.24) is 0 Å². The molecule has 0 amide bonds. The first kappa shape index (κ1) is 18.7. The first-order valence-corrected chi connectivity index (χ1v) is 13.2. The van der Waals surface area contributed by atoms with Crippen LogP contribution in [0.4, 0.5) is 0 Å². The Morgan fingerprint density at radius 2 is 0.824 bits per heavy atom. The number of rotatable bonds is 2. The predicted molar refractivity (Wildman–Crippen MR) is 152 cm³/mol. The van der Waals surface area contributed by atoms with Crippen molar-refractivity contribution in [3.63, 3.8) is 0 Å². The fourth-order valence-electron chi connectivity index (χ4n) is 5.40. The third-order valence-electron chi connectivity index (χ3n) is 7.02. The van der Waals surface area contributed by atoms with Crippen molar-refractivity contribution in [3.8, 4) is 20.9 Å². The number of benzene rings is 6. The average molecular weight is 467 g/mol. The molecule has 0 atom stereocenters. The molecule has 0 aliphatic carbocycles. The molecule has 0 aliphatic heterocycles. The van der Waals surface area contributed by atoms with E-state index in [0.29, 0.717) is 0 Å². The Morgan fingerprint density at radius 3 is 1.29 bits per heavy atom. The smallest absolute Gasteiger partial charge is 0.0428 e. The molecule has 8 rings (SSSR count). The van der Waals surface area contributed by atoms with E-state index in [2.05, 4.69) is 109 Å². The zero-order chi connectivity index (χ0) is 22.2. The molecule has 0 aliphatic rings. The van der Waals surface area contributed by atoms with Gasteiger partial charge in [-0.1, -0.05) is 84.9 Å². The van der Waals surface area contributed by atoms with Crippen LogP contribution in [0.2, 0.25) is 0 Å². The third kappa shape index (κ3) is 2.58. The number of hydrogen-bond donors (Lipinski definition) is 0. The summed E-state index contributed by atoms with van der Waals surface area (Å²) in [7, 11) is 0. The summed E-state index contributed by atoms with van der Waals surface area (Å²) in [5, 5.41) is 10.8. The fraction of sp³-hybridized carbons (Fsp3) is 0. The molecule has 0 unspecified atom stereocenters. The summed E-state index contributed by atoms with van der Waals surface area (Å²) < 4.78 is 2.75. The van der Waals surface area contributed by atoms with E-state index in [1.165, 1.54) is 73.4 Å². The maximum atomic E-state index is 2.34. The molecule has 0 bridgehead atoms. The van der Waals surface area contributed by atoms with Gasteiger partial charge in [0.25, 0.3) is 0 Å². The van der Waals surface area contributed by atoms with Crippen molar-refractivity contribution in [2.45, 2.75) is 0 Å².